The molecular weight excluding hydrogens is 232 g/mol. The second kappa shape index (κ2) is 5.20. The largest absolute Gasteiger partial charge is 0.345 e. The molecule has 98 valence electrons. The summed E-state index contributed by atoms with van der Waals surface area (Å²) in [5.41, 5.74) is 0. The average molecular weight is 250 g/mol. The van der Waals surface area contributed by atoms with Crippen LogP contribution in [-0.4, -0.2) is 45.4 Å². The number of hydrogen-bond donors (Lipinski definition) is 1. The summed E-state index contributed by atoms with van der Waals surface area (Å²) in [7, 11) is 0. The van der Waals surface area contributed by atoms with Crippen molar-refractivity contribution >= 4 is 11.8 Å². The minimum Gasteiger partial charge on any atom is -0.345 e. The van der Waals surface area contributed by atoms with Gasteiger partial charge in [-0.25, -0.2) is 4.98 Å². The van der Waals surface area contributed by atoms with Crippen LogP contribution in [0.2, 0.25) is 0 Å². The number of nitrogens with zero attached hydrogens (tertiary/aromatic N) is 3. The molecule has 1 atom stereocenters. The molecule has 1 aromatic rings. The minimum atomic E-state index is -0.427. The molecule has 0 aliphatic carbocycles. The third kappa shape index (κ3) is 2.69. The molecule has 18 heavy (non-hydrogen) atoms. The molecule has 2 rings (SSSR count). The molecule has 6 heteroatoms. The van der Waals surface area contributed by atoms with Crippen LogP contribution in [0.15, 0.2) is 12.4 Å². The van der Waals surface area contributed by atoms with E-state index in [4.69, 9.17) is 0 Å². The van der Waals surface area contributed by atoms with Gasteiger partial charge in [-0.15, -0.1) is 0 Å². The van der Waals surface area contributed by atoms with Crippen molar-refractivity contribution in [3.05, 3.63) is 18.2 Å². The van der Waals surface area contributed by atoms with Gasteiger partial charge in [0.05, 0.1) is 0 Å². The molecule has 1 fully saturated rings. The van der Waals surface area contributed by atoms with Gasteiger partial charge in [0.25, 0.3) is 0 Å². The Balaban J connectivity index is 1.97. The van der Waals surface area contributed by atoms with Gasteiger partial charge in [0.1, 0.15) is 11.9 Å². The second-order valence-electron chi connectivity index (χ2n) is 4.53. The Kier molecular flexibility index (Phi) is 3.64. The maximum Gasteiger partial charge on any atom is 0.244 e. The molecule has 0 radical (unpaired) electrons. The SMILES string of the molecule is Cc1nccn1CCN1CCC(=O)NC(C)C1=O. The van der Waals surface area contributed by atoms with Crippen molar-refractivity contribution in [3.63, 3.8) is 0 Å². The van der Waals surface area contributed by atoms with Gasteiger partial charge >= 0.3 is 0 Å². The molecule has 1 N–H and O–H groups in total. The summed E-state index contributed by atoms with van der Waals surface area (Å²) in [4.78, 5) is 29.3. The number of amides is 2. The fourth-order valence-corrected chi connectivity index (χ4v) is 2.09. The number of carbonyl (C=O) groups is 2. The lowest BCUT2D eigenvalue weighted by molar-refractivity contribution is -0.133. The Morgan fingerprint density at radius 3 is 2.89 bits per heavy atom. The third-order valence-corrected chi connectivity index (χ3v) is 3.20. The number of nitrogens with one attached hydrogen (secondary N) is 1. The highest BCUT2D eigenvalue weighted by Crippen LogP contribution is 2.04. The first kappa shape index (κ1) is 12.6. The van der Waals surface area contributed by atoms with E-state index in [0.717, 1.165) is 5.82 Å². The predicted octanol–water partition coefficient (Wildman–Crippen LogP) is -0.0715. The van der Waals surface area contributed by atoms with E-state index in [9.17, 15) is 9.59 Å². The monoisotopic (exact) mass is 250 g/mol. The zero-order chi connectivity index (χ0) is 13.1. The second-order valence-corrected chi connectivity index (χ2v) is 4.53. The molecule has 6 nitrogen and oxygen atoms in total. The lowest BCUT2D eigenvalue weighted by Crippen LogP contribution is -2.43. The maximum absolute atomic E-state index is 12.0. The van der Waals surface area contributed by atoms with E-state index in [0.29, 0.717) is 26.1 Å². The van der Waals surface area contributed by atoms with Gasteiger partial charge in [0.2, 0.25) is 11.8 Å². The molecule has 1 unspecified atom stereocenters. The van der Waals surface area contributed by atoms with Crippen molar-refractivity contribution in [3.8, 4) is 0 Å². The normalized spacial score (nSPS) is 20.8. The molecule has 0 aromatic carbocycles. The number of imidazole rings is 1. The van der Waals surface area contributed by atoms with E-state index in [1.165, 1.54) is 0 Å². The highest BCUT2D eigenvalue weighted by atomic mass is 16.2. The average Bonchev–Trinajstić information content (AvgIpc) is 2.69. The van der Waals surface area contributed by atoms with E-state index < -0.39 is 6.04 Å². The third-order valence-electron chi connectivity index (χ3n) is 3.20. The summed E-state index contributed by atoms with van der Waals surface area (Å²) >= 11 is 0. The van der Waals surface area contributed by atoms with Gasteiger partial charge < -0.3 is 14.8 Å². The molecule has 0 spiro atoms. The summed E-state index contributed by atoms with van der Waals surface area (Å²) in [6.07, 6.45) is 4.01. The Bertz CT molecular complexity index is 455. The Morgan fingerprint density at radius 2 is 2.22 bits per heavy atom. The van der Waals surface area contributed by atoms with Crippen LogP contribution < -0.4 is 5.32 Å². The molecular formula is C12H18N4O2. The topological polar surface area (TPSA) is 67.2 Å². The number of rotatable bonds is 3. The number of aromatic nitrogens is 2. The van der Waals surface area contributed by atoms with Gasteiger partial charge in [-0.1, -0.05) is 0 Å². The van der Waals surface area contributed by atoms with Crippen molar-refractivity contribution in [2.75, 3.05) is 13.1 Å². The highest BCUT2D eigenvalue weighted by Gasteiger charge is 2.25. The van der Waals surface area contributed by atoms with Crippen LogP contribution in [-0.2, 0) is 16.1 Å². The van der Waals surface area contributed by atoms with Gasteiger partial charge in [-0.2, -0.15) is 0 Å². The van der Waals surface area contributed by atoms with Gasteiger partial charge in [0.15, 0.2) is 0 Å². The molecule has 0 saturated carbocycles. The molecule has 2 amide bonds. The number of aryl methyl sites for hydroxylation is 1. The van der Waals surface area contributed by atoms with Gasteiger partial charge in [-0.3, -0.25) is 9.59 Å². The van der Waals surface area contributed by atoms with Crippen molar-refractivity contribution in [1.82, 2.24) is 19.8 Å². The van der Waals surface area contributed by atoms with Gasteiger partial charge in [-0.05, 0) is 13.8 Å². The molecule has 0 bridgehead atoms. The van der Waals surface area contributed by atoms with E-state index in [2.05, 4.69) is 10.3 Å². The predicted molar refractivity (Wildman–Crippen MR) is 65.8 cm³/mol. The molecule has 1 aliphatic rings. The van der Waals surface area contributed by atoms with Crippen molar-refractivity contribution in [1.29, 1.82) is 0 Å². The van der Waals surface area contributed by atoms with E-state index >= 15 is 0 Å². The van der Waals surface area contributed by atoms with Gasteiger partial charge in [0, 0.05) is 38.4 Å². The van der Waals surface area contributed by atoms with Crippen LogP contribution in [0.4, 0.5) is 0 Å². The molecule has 2 heterocycles. The maximum atomic E-state index is 12.0. The lowest BCUT2D eigenvalue weighted by atomic mass is 10.3. The van der Waals surface area contributed by atoms with E-state index in [1.54, 1.807) is 18.0 Å². The molecule has 1 aliphatic heterocycles. The van der Waals surface area contributed by atoms with Crippen LogP contribution in [0.5, 0.6) is 0 Å². The fourth-order valence-electron chi connectivity index (χ4n) is 2.09. The van der Waals surface area contributed by atoms with Crippen LogP contribution in [0.1, 0.15) is 19.2 Å². The summed E-state index contributed by atoms with van der Waals surface area (Å²) in [5.74, 6) is 0.857. The zero-order valence-electron chi connectivity index (χ0n) is 10.7. The fraction of sp³-hybridized carbons (Fsp3) is 0.583. The minimum absolute atomic E-state index is 0.0152. The number of hydrogen-bond acceptors (Lipinski definition) is 3. The zero-order valence-corrected chi connectivity index (χ0v) is 10.7. The van der Waals surface area contributed by atoms with Crippen LogP contribution in [0, 0.1) is 6.92 Å². The standard InChI is InChI=1S/C12H18N4O2/c1-9-12(18)16(5-3-11(17)14-9)8-7-15-6-4-13-10(15)2/h4,6,9H,3,5,7-8H2,1-2H3,(H,14,17). The lowest BCUT2D eigenvalue weighted by Gasteiger charge is -2.22. The Hall–Kier alpha value is -1.85. The number of carbonyl (C=O) groups excluding carboxylic acids is 2. The first-order valence-electron chi connectivity index (χ1n) is 6.14. The summed E-state index contributed by atoms with van der Waals surface area (Å²) in [6.45, 7) is 5.45. The van der Waals surface area contributed by atoms with Crippen molar-refractivity contribution in [2.24, 2.45) is 0 Å². The van der Waals surface area contributed by atoms with Crippen LogP contribution in [0.25, 0.3) is 0 Å². The summed E-state index contributed by atoms with van der Waals surface area (Å²) in [6, 6.07) is -0.427. The first-order valence-corrected chi connectivity index (χ1v) is 6.14. The Labute approximate surface area is 106 Å². The molecule has 1 saturated heterocycles. The Morgan fingerprint density at radius 1 is 1.44 bits per heavy atom. The smallest absolute Gasteiger partial charge is 0.244 e. The summed E-state index contributed by atoms with van der Waals surface area (Å²) < 4.78 is 2.00. The van der Waals surface area contributed by atoms with Crippen LogP contribution >= 0.6 is 0 Å². The van der Waals surface area contributed by atoms with Crippen molar-refractivity contribution < 1.29 is 9.59 Å². The van der Waals surface area contributed by atoms with E-state index in [-0.39, 0.29) is 11.8 Å². The van der Waals surface area contributed by atoms with E-state index in [1.807, 2.05) is 17.7 Å². The first-order chi connectivity index (χ1) is 8.58. The van der Waals surface area contributed by atoms with Crippen LogP contribution in [0.3, 0.4) is 0 Å². The quantitative estimate of drug-likeness (QED) is 0.816. The molecule has 1 aromatic heterocycles. The van der Waals surface area contributed by atoms with Crippen molar-refractivity contribution in [2.45, 2.75) is 32.9 Å². The highest BCUT2D eigenvalue weighted by molar-refractivity contribution is 5.89. The summed E-state index contributed by atoms with van der Waals surface area (Å²) in [5, 5.41) is 2.68.